The number of nitrogens with zero attached hydrogens (tertiary/aromatic N) is 2. The van der Waals surface area contributed by atoms with Gasteiger partial charge in [0.1, 0.15) is 5.84 Å². The van der Waals surface area contributed by atoms with Crippen molar-refractivity contribution in [3.63, 3.8) is 0 Å². The van der Waals surface area contributed by atoms with Crippen LogP contribution < -0.4 is 0 Å². The number of rotatable bonds is 0. The number of benzene rings is 1. The summed E-state index contributed by atoms with van der Waals surface area (Å²) in [6.07, 6.45) is 0. The normalized spacial score (nSPS) is 26.8. The van der Waals surface area contributed by atoms with Crippen LogP contribution in [0, 0.1) is 5.41 Å². The molecule has 3 nitrogen and oxygen atoms in total. The largest absolute Gasteiger partial charge is 0.366 e. The van der Waals surface area contributed by atoms with Gasteiger partial charge in [0.25, 0.3) is 0 Å². The summed E-state index contributed by atoms with van der Waals surface area (Å²) in [6.45, 7) is 7.81. The highest BCUT2D eigenvalue weighted by molar-refractivity contribution is 6.04. The van der Waals surface area contributed by atoms with E-state index in [9.17, 15) is 5.11 Å². The molecule has 0 fully saturated rings. The van der Waals surface area contributed by atoms with Gasteiger partial charge in [-0.3, -0.25) is 4.99 Å². The van der Waals surface area contributed by atoms with Crippen molar-refractivity contribution >= 4 is 5.84 Å². The van der Waals surface area contributed by atoms with Crippen LogP contribution in [0.5, 0.6) is 0 Å². The average molecular weight is 230 g/mol. The summed E-state index contributed by atoms with van der Waals surface area (Å²) in [5.41, 5.74) is 0.900. The molecule has 0 aromatic heterocycles. The number of hydrogen-bond acceptors (Lipinski definition) is 3. The molecule has 2 aliphatic rings. The maximum Gasteiger partial charge on any atom is 0.171 e. The van der Waals surface area contributed by atoms with Crippen molar-refractivity contribution in [1.82, 2.24) is 4.90 Å². The van der Waals surface area contributed by atoms with E-state index >= 15 is 0 Å². The molecule has 2 aliphatic heterocycles. The van der Waals surface area contributed by atoms with Gasteiger partial charge in [-0.2, -0.15) is 0 Å². The lowest BCUT2D eigenvalue weighted by Gasteiger charge is -2.43. The molecule has 0 saturated heterocycles. The van der Waals surface area contributed by atoms with Gasteiger partial charge in [-0.05, 0) is 0 Å². The number of hydrogen-bond donors (Lipinski definition) is 1. The minimum atomic E-state index is -0.932. The molecule has 0 bridgehead atoms. The van der Waals surface area contributed by atoms with Crippen LogP contribution in [-0.2, 0) is 5.72 Å². The highest BCUT2D eigenvalue weighted by Crippen LogP contribution is 2.49. The number of amidine groups is 1. The van der Waals surface area contributed by atoms with Crippen LogP contribution in [0.2, 0.25) is 0 Å². The number of aliphatic imine (C=N–C) groups is 1. The second kappa shape index (κ2) is 3.10. The van der Waals surface area contributed by atoms with Gasteiger partial charge in [-0.25, -0.2) is 0 Å². The minimum absolute atomic E-state index is 0.245. The Morgan fingerprint density at radius 2 is 2.00 bits per heavy atom. The lowest BCUT2D eigenvalue weighted by atomic mass is 9.78. The molecule has 0 unspecified atom stereocenters. The quantitative estimate of drug-likeness (QED) is 0.739. The number of aliphatic hydroxyl groups is 1. The van der Waals surface area contributed by atoms with Crippen molar-refractivity contribution < 1.29 is 5.11 Å². The van der Waals surface area contributed by atoms with Gasteiger partial charge >= 0.3 is 0 Å². The maximum atomic E-state index is 11.2. The highest BCUT2D eigenvalue weighted by Gasteiger charge is 2.55. The predicted octanol–water partition coefficient (Wildman–Crippen LogP) is 1.95. The standard InChI is InChI=1S/C14H18N2O/c1-13(2,3)14(17)11-7-5-4-6-10(11)12-15-8-9-16(12)14/h4-7,17H,8-9H2,1-3H3/t14-/m1/s1. The summed E-state index contributed by atoms with van der Waals surface area (Å²) < 4.78 is 0. The zero-order valence-corrected chi connectivity index (χ0v) is 10.6. The van der Waals surface area contributed by atoms with Crippen LogP contribution in [0.1, 0.15) is 31.9 Å². The van der Waals surface area contributed by atoms with Gasteiger partial charge in [0.05, 0.1) is 6.54 Å². The summed E-state index contributed by atoms with van der Waals surface area (Å²) in [5.74, 6) is 0.957. The van der Waals surface area contributed by atoms with Crippen molar-refractivity contribution in [2.45, 2.75) is 26.5 Å². The van der Waals surface area contributed by atoms with E-state index in [1.54, 1.807) is 0 Å². The van der Waals surface area contributed by atoms with Gasteiger partial charge < -0.3 is 10.0 Å². The summed E-state index contributed by atoms with van der Waals surface area (Å²) >= 11 is 0. The van der Waals surface area contributed by atoms with E-state index in [-0.39, 0.29) is 5.41 Å². The summed E-state index contributed by atoms with van der Waals surface area (Å²) in [5, 5.41) is 11.2. The van der Waals surface area contributed by atoms with Crippen LogP contribution in [0.3, 0.4) is 0 Å². The SMILES string of the molecule is CC(C)(C)[C@]1(O)c2ccccc2C2=NCCN21. The van der Waals surface area contributed by atoms with Crippen LogP contribution in [0.25, 0.3) is 0 Å². The first-order valence-electron chi connectivity index (χ1n) is 6.10. The fraction of sp³-hybridized carbons (Fsp3) is 0.500. The first-order chi connectivity index (χ1) is 7.96. The molecular formula is C14H18N2O. The van der Waals surface area contributed by atoms with E-state index in [1.807, 2.05) is 18.2 Å². The van der Waals surface area contributed by atoms with E-state index in [4.69, 9.17) is 0 Å². The fourth-order valence-electron chi connectivity index (χ4n) is 2.93. The van der Waals surface area contributed by atoms with Crippen molar-refractivity contribution in [2.75, 3.05) is 13.1 Å². The zero-order chi connectivity index (χ0) is 12.3. The lowest BCUT2D eigenvalue weighted by molar-refractivity contribution is -0.147. The molecule has 1 aromatic rings. The third-order valence-corrected chi connectivity index (χ3v) is 3.82. The van der Waals surface area contributed by atoms with Gasteiger partial charge in [-0.15, -0.1) is 0 Å². The fourth-order valence-corrected chi connectivity index (χ4v) is 2.93. The van der Waals surface area contributed by atoms with Gasteiger partial charge in [0.15, 0.2) is 5.72 Å². The Hall–Kier alpha value is -1.35. The molecule has 0 aliphatic carbocycles. The molecule has 3 heteroatoms. The Labute approximate surface area is 102 Å². The van der Waals surface area contributed by atoms with E-state index in [0.717, 1.165) is 30.1 Å². The van der Waals surface area contributed by atoms with Crippen LogP contribution in [-0.4, -0.2) is 28.9 Å². The Bertz CT molecular complexity index is 501. The predicted molar refractivity (Wildman–Crippen MR) is 67.9 cm³/mol. The lowest BCUT2D eigenvalue weighted by Crippen LogP contribution is -2.51. The monoisotopic (exact) mass is 230 g/mol. The molecule has 0 saturated carbocycles. The molecule has 90 valence electrons. The second-order valence-corrected chi connectivity index (χ2v) is 5.82. The average Bonchev–Trinajstić information content (AvgIpc) is 2.82. The molecule has 1 N–H and O–H groups in total. The van der Waals surface area contributed by atoms with Crippen LogP contribution in [0.4, 0.5) is 0 Å². The molecule has 0 amide bonds. The Kier molecular flexibility index (Phi) is 1.97. The van der Waals surface area contributed by atoms with E-state index < -0.39 is 5.72 Å². The molecule has 0 spiro atoms. The first kappa shape index (κ1) is 10.8. The molecule has 1 aromatic carbocycles. The topological polar surface area (TPSA) is 35.8 Å². The molecule has 1 atom stereocenters. The van der Waals surface area contributed by atoms with Crippen LogP contribution in [0.15, 0.2) is 29.3 Å². The third-order valence-electron chi connectivity index (χ3n) is 3.82. The summed E-state index contributed by atoms with van der Waals surface area (Å²) in [6, 6.07) is 8.06. The number of fused-ring (bicyclic) bond motifs is 3. The van der Waals surface area contributed by atoms with Crippen molar-refractivity contribution in [3.05, 3.63) is 35.4 Å². The Balaban J connectivity index is 2.28. The van der Waals surface area contributed by atoms with Gasteiger partial charge in [0.2, 0.25) is 0 Å². The molecule has 2 heterocycles. The van der Waals surface area contributed by atoms with Crippen molar-refractivity contribution in [2.24, 2.45) is 10.4 Å². The van der Waals surface area contributed by atoms with E-state index in [0.29, 0.717) is 0 Å². The summed E-state index contributed by atoms with van der Waals surface area (Å²) in [4.78, 5) is 6.58. The molecule has 17 heavy (non-hydrogen) atoms. The van der Waals surface area contributed by atoms with Gasteiger partial charge in [0, 0.05) is 23.1 Å². The Morgan fingerprint density at radius 3 is 2.71 bits per heavy atom. The van der Waals surface area contributed by atoms with E-state index in [2.05, 4.69) is 36.7 Å². The zero-order valence-electron chi connectivity index (χ0n) is 10.6. The molecule has 0 radical (unpaired) electrons. The Morgan fingerprint density at radius 1 is 1.29 bits per heavy atom. The highest BCUT2D eigenvalue weighted by atomic mass is 16.3. The second-order valence-electron chi connectivity index (χ2n) is 5.82. The maximum absolute atomic E-state index is 11.2. The van der Waals surface area contributed by atoms with E-state index in [1.165, 1.54) is 0 Å². The smallest absolute Gasteiger partial charge is 0.171 e. The van der Waals surface area contributed by atoms with Gasteiger partial charge in [-0.1, -0.05) is 45.0 Å². The van der Waals surface area contributed by atoms with Crippen molar-refractivity contribution in [3.8, 4) is 0 Å². The first-order valence-corrected chi connectivity index (χ1v) is 6.10. The molecule has 3 rings (SSSR count). The third kappa shape index (κ3) is 1.18. The summed E-state index contributed by atoms with van der Waals surface area (Å²) in [7, 11) is 0. The molecular weight excluding hydrogens is 212 g/mol. The minimum Gasteiger partial charge on any atom is -0.366 e. The van der Waals surface area contributed by atoms with Crippen LogP contribution >= 0.6 is 0 Å². The van der Waals surface area contributed by atoms with Crippen molar-refractivity contribution in [1.29, 1.82) is 0 Å².